The number of halogens is 1. The van der Waals surface area contributed by atoms with Crippen molar-refractivity contribution >= 4 is 5.69 Å². The molecule has 0 amide bonds. The Labute approximate surface area is 135 Å². The van der Waals surface area contributed by atoms with E-state index in [1.807, 2.05) is 12.1 Å². The molecule has 0 aromatic heterocycles. The van der Waals surface area contributed by atoms with Crippen LogP contribution in [0.2, 0.25) is 0 Å². The molecule has 0 bridgehead atoms. The molecular weight excluding hydrogens is 295 g/mol. The van der Waals surface area contributed by atoms with Crippen molar-refractivity contribution in [1.82, 2.24) is 4.90 Å². The molecule has 3 rings (SSSR count). The highest BCUT2D eigenvalue weighted by molar-refractivity contribution is 5.50. The number of piperazine rings is 1. The van der Waals surface area contributed by atoms with Crippen molar-refractivity contribution in [1.29, 1.82) is 0 Å². The van der Waals surface area contributed by atoms with Gasteiger partial charge in [0, 0.05) is 50.0 Å². The van der Waals surface area contributed by atoms with Gasteiger partial charge in [0.15, 0.2) is 0 Å². The van der Waals surface area contributed by atoms with Crippen LogP contribution in [-0.2, 0) is 0 Å². The van der Waals surface area contributed by atoms with E-state index in [2.05, 4.69) is 9.80 Å². The van der Waals surface area contributed by atoms with Gasteiger partial charge in [-0.3, -0.25) is 4.90 Å². The zero-order valence-corrected chi connectivity index (χ0v) is 12.9. The van der Waals surface area contributed by atoms with Crippen molar-refractivity contribution in [3.05, 3.63) is 59.9 Å². The van der Waals surface area contributed by atoms with Gasteiger partial charge in [0.25, 0.3) is 0 Å². The summed E-state index contributed by atoms with van der Waals surface area (Å²) < 4.78 is 13.7. The van der Waals surface area contributed by atoms with Gasteiger partial charge in [0.1, 0.15) is 11.6 Å². The van der Waals surface area contributed by atoms with Crippen LogP contribution in [-0.4, -0.2) is 47.8 Å². The maximum atomic E-state index is 13.7. The second-order valence-corrected chi connectivity index (χ2v) is 5.84. The van der Waals surface area contributed by atoms with E-state index in [-0.39, 0.29) is 11.6 Å². The van der Waals surface area contributed by atoms with Gasteiger partial charge in [-0.25, -0.2) is 4.39 Å². The number of phenolic OH excluding ortho intramolecular Hbond substituents is 1. The van der Waals surface area contributed by atoms with Crippen molar-refractivity contribution in [2.24, 2.45) is 0 Å². The van der Waals surface area contributed by atoms with Gasteiger partial charge >= 0.3 is 0 Å². The Balaban J connectivity index is 1.56. The molecular formula is C18H21FN2O2. The van der Waals surface area contributed by atoms with Crippen molar-refractivity contribution < 1.29 is 14.6 Å². The SMILES string of the molecule is Oc1cccc(N2CCN(CC(O)c3ccccc3F)CC2)c1. The van der Waals surface area contributed by atoms with Crippen LogP contribution >= 0.6 is 0 Å². The van der Waals surface area contributed by atoms with Crippen LogP contribution in [0.1, 0.15) is 11.7 Å². The summed E-state index contributed by atoms with van der Waals surface area (Å²) in [4.78, 5) is 4.34. The molecule has 0 spiro atoms. The van der Waals surface area contributed by atoms with E-state index < -0.39 is 6.10 Å². The van der Waals surface area contributed by atoms with Crippen LogP contribution < -0.4 is 4.90 Å². The van der Waals surface area contributed by atoms with E-state index in [0.717, 1.165) is 31.9 Å². The number of benzene rings is 2. The molecule has 2 aromatic carbocycles. The first-order chi connectivity index (χ1) is 11.1. The molecule has 0 radical (unpaired) electrons. The number of aromatic hydroxyl groups is 1. The standard InChI is InChI=1S/C18H21FN2O2/c19-17-7-2-1-6-16(17)18(23)13-20-8-10-21(11-9-20)14-4-3-5-15(22)12-14/h1-7,12,18,22-23H,8-11,13H2. The average molecular weight is 316 g/mol. The summed E-state index contributed by atoms with van der Waals surface area (Å²) in [6.07, 6.45) is -0.816. The molecule has 4 nitrogen and oxygen atoms in total. The quantitative estimate of drug-likeness (QED) is 0.909. The third-order valence-electron chi connectivity index (χ3n) is 4.26. The Morgan fingerprint density at radius 3 is 2.43 bits per heavy atom. The van der Waals surface area contributed by atoms with Crippen molar-refractivity contribution in [3.8, 4) is 5.75 Å². The largest absolute Gasteiger partial charge is 0.508 e. The van der Waals surface area contributed by atoms with Gasteiger partial charge in [-0.2, -0.15) is 0 Å². The van der Waals surface area contributed by atoms with Crippen molar-refractivity contribution in [3.63, 3.8) is 0 Å². The summed E-state index contributed by atoms with van der Waals surface area (Å²) in [5, 5.41) is 19.8. The molecule has 2 aromatic rings. The second-order valence-electron chi connectivity index (χ2n) is 5.84. The second kappa shape index (κ2) is 6.98. The smallest absolute Gasteiger partial charge is 0.129 e. The molecule has 1 aliphatic heterocycles. The van der Waals surface area contributed by atoms with Crippen molar-refractivity contribution in [2.45, 2.75) is 6.10 Å². The molecule has 2 N–H and O–H groups in total. The normalized spacial score (nSPS) is 17.2. The van der Waals surface area contributed by atoms with Gasteiger partial charge in [0.05, 0.1) is 6.10 Å². The van der Waals surface area contributed by atoms with Crippen LogP contribution in [0.25, 0.3) is 0 Å². The number of rotatable bonds is 4. The number of hydrogen-bond donors (Lipinski definition) is 2. The van der Waals surface area contributed by atoms with Gasteiger partial charge < -0.3 is 15.1 Å². The topological polar surface area (TPSA) is 46.9 Å². The number of anilines is 1. The molecule has 1 fully saturated rings. The number of hydrogen-bond acceptors (Lipinski definition) is 4. The van der Waals surface area contributed by atoms with Crippen LogP contribution in [0.15, 0.2) is 48.5 Å². The lowest BCUT2D eigenvalue weighted by atomic mass is 10.1. The highest BCUT2D eigenvalue weighted by Gasteiger charge is 2.21. The molecule has 1 saturated heterocycles. The Kier molecular flexibility index (Phi) is 4.79. The predicted molar refractivity (Wildman–Crippen MR) is 88.1 cm³/mol. The number of aliphatic hydroxyl groups excluding tert-OH is 1. The Bertz CT molecular complexity index is 657. The van der Waals surface area contributed by atoms with Crippen LogP contribution in [0.3, 0.4) is 0 Å². The number of nitrogens with zero attached hydrogens (tertiary/aromatic N) is 2. The van der Waals surface area contributed by atoms with E-state index >= 15 is 0 Å². The van der Waals surface area contributed by atoms with Gasteiger partial charge in [0.2, 0.25) is 0 Å². The molecule has 1 heterocycles. The van der Waals surface area contributed by atoms with Crippen LogP contribution in [0, 0.1) is 5.82 Å². The minimum absolute atomic E-state index is 0.264. The summed E-state index contributed by atoms with van der Waals surface area (Å²) in [7, 11) is 0. The molecule has 1 unspecified atom stereocenters. The maximum absolute atomic E-state index is 13.7. The lowest BCUT2D eigenvalue weighted by Gasteiger charge is -2.37. The monoisotopic (exact) mass is 316 g/mol. The van der Waals surface area contributed by atoms with E-state index in [1.165, 1.54) is 6.07 Å². The van der Waals surface area contributed by atoms with E-state index in [0.29, 0.717) is 12.1 Å². The minimum Gasteiger partial charge on any atom is -0.508 e. The summed E-state index contributed by atoms with van der Waals surface area (Å²) in [6, 6.07) is 13.6. The summed E-state index contributed by atoms with van der Waals surface area (Å²) >= 11 is 0. The van der Waals surface area contributed by atoms with E-state index in [1.54, 1.807) is 30.3 Å². The first-order valence-electron chi connectivity index (χ1n) is 7.82. The zero-order chi connectivity index (χ0) is 16.2. The van der Waals surface area contributed by atoms with Crippen molar-refractivity contribution in [2.75, 3.05) is 37.6 Å². The number of aliphatic hydroxyl groups is 1. The molecule has 0 aliphatic carbocycles. The van der Waals surface area contributed by atoms with Gasteiger partial charge in [-0.15, -0.1) is 0 Å². The lowest BCUT2D eigenvalue weighted by molar-refractivity contribution is 0.106. The molecule has 0 saturated carbocycles. The first kappa shape index (κ1) is 15.8. The minimum atomic E-state index is -0.816. The maximum Gasteiger partial charge on any atom is 0.129 e. The van der Waals surface area contributed by atoms with Crippen LogP contribution in [0.5, 0.6) is 5.75 Å². The third-order valence-corrected chi connectivity index (χ3v) is 4.26. The van der Waals surface area contributed by atoms with Gasteiger partial charge in [-0.05, 0) is 18.2 Å². The fourth-order valence-electron chi connectivity index (χ4n) is 2.97. The van der Waals surface area contributed by atoms with E-state index in [4.69, 9.17) is 0 Å². The van der Waals surface area contributed by atoms with Gasteiger partial charge in [-0.1, -0.05) is 24.3 Å². The summed E-state index contributed by atoms with van der Waals surface area (Å²) in [5.41, 5.74) is 1.35. The summed E-state index contributed by atoms with van der Waals surface area (Å²) in [5.74, 6) is -0.0988. The fraction of sp³-hybridized carbons (Fsp3) is 0.333. The van der Waals surface area contributed by atoms with Crippen LogP contribution in [0.4, 0.5) is 10.1 Å². The number of β-amino-alcohol motifs (C(OH)–C–C–N with tert-alkyl or cyclic N) is 1. The molecule has 1 aliphatic rings. The average Bonchev–Trinajstić information content (AvgIpc) is 2.56. The molecule has 23 heavy (non-hydrogen) atoms. The molecule has 122 valence electrons. The Morgan fingerprint density at radius 1 is 1.00 bits per heavy atom. The first-order valence-corrected chi connectivity index (χ1v) is 7.82. The third kappa shape index (κ3) is 3.81. The highest BCUT2D eigenvalue weighted by atomic mass is 19.1. The fourth-order valence-corrected chi connectivity index (χ4v) is 2.97. The molecule has 5 heteroatoms. The predicted octanol–water partition coefficient (Wildman–Crippen LogP) is 2.39. The lowest BCUT2D eigenvalue weighted by Crippen LogP contribution is -2.47. The number of phenols is 1. The highest BCUT2D eigenvalue weighted by Crippen LogP contribution is 2.23. The zero-order valence-electron chi connectivity index (χ0n) is 12.9. The summed E-state index contributed by atoms with van der Waals surface area (Å²) in [6.45, 7) is 3.64. The Morgan fingerprint density at radius 2 is 1.74 bits per heavy atom. The Hall–Kier alpha value is -2.11. The van der Waals surface area contributed by atoms with E-state index in [9.17, 15) is 14.6 Å². The molecule has 1 atom stereocenters.